The van der Waals surface area contributed by atoms with Crippen molar-refractivity contribution < 1.29 is 19.5 Å². The molecule has 0 unspecified atom stereocenters. The standard InChI is InChI=1S/C25H27N3O4/c1-3-15-9-10-18-17(13-15)25(24(32)26-18)20-19(21(27-25)14(2)29)22(30)28(23(20)31)12-11-16-7-5-4-6-8-16/h4-10,13-14,19-21,27,29H,3,11-12H2,1-2H3,(H,26,32)/t14-,19+,20+,21+,25-/m1/s1. The average Bonchev–Trinajstić information content (AvgIpc) is 3.38. The molecule has 32 heavy (non-hydrogen) atoms. The summed E-state index contributed by atoms with van der Waals surface area (Å²) in [6, 6.07) is 14.7. The van der Waals surface area contributed by atoms with Gasteiger partial charge in [0, 0.05) is 23.8 Å². The first-order chi connectivity index (χ1) is 15.4. The van der Waals surface area contributed by atoms with Crippen LogP contribution < -0.4 is 10.6 Å². The fourth-order valence-electron chi connectivity index (χ4n) is 5.58. The third-order valence-electron chi connectivity index (χ3n) is 7.20. The number of anilines is 1. The van der Waals surface area contributed by atoms with E-state index in [1.807, 2.05) is 55.5 Å². The maximum atomic E-state index is 13.7. The highest BCUT2D eigenvalue weighted by Gasteiger charge is 2.71. The van der Waals surface area contributed by atoms with E-state index in [1.54, 1.807) is 6.92 Å². The predicted octanol–water partition coefficient (Wildman–Crippen LogP) is 1.59. The van der Waals surface area contributed by atoms with E-state index < -0.39 is 29.5 Å². The van der Waals surface area contributed by atoms with Crippen molar-refractivity contribution in [3.63, 3.8) is 0 Å². The SMILES string of the molecule is CCc1ccc2c(c1)[C@]1(N[C@@H]([C@@H](C)O)[C@H]3C(=O)N(CCc4ccccc4)C(=O)[C@H]31)C(=O)N2. The third-order valence-corrected chi connectivity index (χ3v) is 7.20. The number of nitrogens with one attached hydrogen (secondary N) is 2. The van der Waals surface area contributed by atoms with Gasteiger partial charge in [0.1, 0.15) is 5.54 Å². The molecule has 7 nitrogen and oxygen atoms in total. The molecule has 0 bridgehead atoms. The number of carbonyl (C=O) groups excluding carboxylic acids is 3. The lowest BCUT2D eigenvalue weighted by Crippen LogP contribution is -2.55. The molecule has 5 rings (SSSR count). The number of aryl methyl sites for hydroxylation is 1. The molecule has 7 heteroatoms. The average molecular weight is 434 g/mol. The number of hydrogen-bond acceptors (Lipinski definition) is 5. The normalized spacial score (nSPS) is 29.4. The molecule has 1 spiro atoms. The lowest BCUT2D eigenvalue weighted by molar-refractivity contribution is -0.143. The van der Waals surface area contributed by atoms with Crippen LogP contribution in [0.3, 0.4) is 0 Å². The van der Waals surface area contributed by atoms with E-state index in [9.17, 15) is 19.5 Å². The number of fused-ring (bicyclic) bond motifs is 4. The van der Waals surface area contributed by atoms with Crippen LogP contribution in [0.2, 0.25) is 0 Å². The van der Waals surface area contributed by atoms with Crippen LogP contribution in [-0.2, 0) is 32.8 Å². The Hall–Kier alpha value is -3.03. The van der Waals surface area contributed by atoms with Gasteiger partial charge >= 0.3 is 0 Å². The number of likely N-dealkylation sites (tertiary alicyclic amines) is 1. The molecule has 0 saturated carbocycles. The van der Waals surface area contributed by atoms with E-state index in [-0.39, 0.29) is 24.3 Å². The number of hydrogen-bond donors (Lipinski definition) is 3. The topological polar surface area (TPSA) is 98.7 Å². The Labute approximate surface area is 186 Å². The molecular weight excluding hydrogens is 406 g/mol. The van der Waals surface area contributed by atoms with Crippen LogP contribution in [0.15, 0.2) is 48.5 Å². The van der Waals surface area contributed by atoms with Gasteiger partial charge in [0.15, 0.2) is 0 Å². The highest BCUT2D eigenvalue weighted by Crippen LogP contribution is 2.53. The quantitative estimate of drug-likeness (QED) is 0.622. The van der Waals surface area contributed by atoms with Crippen molar-refractivity contribution in [2.45, 2.75) is 44.4 Å². The summed E-state index contributed by atoms with van der Waals surface area (Å²) in [6.07, 6.45) is 0.417. The van der Waals surface area contributed by atoms with Crippen molar-refractivity contribution in [2.24, 2.45) is 11.8 Å². The molecule has 2 aromatic carbocycles. The summed E-state index contributed by atoms with van der Waals surface area (Å²) in [5.41, 5.74) is 2.04. The van der Waals surface area contributed by atoms with Gasteiger partial charge in [-0.2, -0.15) is 0 Å². The fraction of sp³-hybridized carbons (Fsp3) is 0.400. The van der Waals surface area contributed by atoms with Gasteiger partial charge in [-0.25, -0.2) is 0 Å². The van der Waals surface area contributed by atoms with E-state index in [4.69, 9.17) is 0 Å². The van der Waals surface area contributed by atoms with Crippen LogP contribution in [0.5, 0.6) is 0 Å². The van der Waals surface area contributed by atoms with Gasteiger partial charge in [0.25, 0.3) is 0 Å². The van der Waals surface area contributed by atoms with E-state index >= 15 is 0 Å². The molecule has 2 saturated heterocycles. The van der Waals surface area contributed by atoms with Crippen LogP contribution in [0.1, 0.15) is 30.5 Å². The van der Waals surface area contributed by atoms with Gasteiger partial charge < -0.3 is 10.4 Å². The molecule has 3 aliphatic rings. The minimum atomic E-state index is -1.36. The van der Waals surface area contributed by atoms with E-state index in [1.165, 1.54) is 4.90 Å². The predicted molar refractivity (Wildman–Crippen MR) is 119 cm³/mol. The zero-order valence-electron chi connectivity index (χ0n) is 18.2. The minimum absolute atomic E-state index is 0.251. The first-order valence-electron chi connectivity index (χ1n) is 11.2. The minimum Gasteiger partial charge on any atom is -0.392 e. The van der Waals surface area contributed by atoms with E-state index in [0.717, 1.165) is 17.5 Å². The summed E-state index contributed by atoms with van der Waals surface area (Å²) in [5.74, 6) is -2.69. The van der Waals surface area contributed by atoms with Crippen molar-refractivity contribution in [3.05, 3.63) is 65.2 Å². The van der Waals surface area contributed by atoms with Crippen molar-refractivity contribution in [2.75, 3.05) is 11.9 Å². The van der Waals surface area contributed by atoms with E-state index in [0.29, 0.717) is 17.7 Å². The molecule has 3 amide bonds. The third kappa shape index (κ3) is 2.84. The lowest BCUT2D eigenvalue weighted by Gasteiger charge is -2.30. The maximum absolute atomic E-state index is 13.7. The summed E-state index contributed by atoms with van der Waals surface area (Å²) in [7, 11) is 0. The summed E-state index contributed by atoms with van der Waals surface area (Å²) in [5, 5.41) is 16.6. The number of amides is 3. The van der Waals surface area contributed by atoms with Crippen molar-refractivity contribution >= 4 is 23.4 Å². The summed E-state index contributed by atoms with van der Waals surface area (Å²) in [6.45, 7) is 3.87. The van der Waals surface area contributed by atoms with Gasteiger partial charge in [0.2, 0.25) is 17.7 Å². The maximum Gasteiger partial charge on any atom is 0.250 e. The van der Waals surface area contributed by atoms with Crippen molar-refractivity contribution in [3.8, 4) is 0 Å². The Balaban J connectivity index is 1.56. The first kappa shape index (κ1) is 20.8. The zero-order valence-corrected chi connectivity index (χ0v) is 18.2. The Bertz CT molecular complexity index is 1100. The lowest BCUT2D eigenvalue weighted by atomic mass is 9.76. The molecule has 0 radical (unpaired) electrons. The highest BCUT2D eigenvalue weighted by atomic mass is 16.3. The monoisotopic (exact) mass is 433 g/mol. The molecule has 5 atom stereocenters. The van der Waals surface area contributed by atoms with Crippen LogP contribution >= 0.6 is 0 Å². The van der Waals surface area contributed by atoms with Crippen LogP contribution in [0, 0.1) is 11.8 Å². The fourth-order valence-corrected chi connectivity index (χ4v) is 5.58. The molecule has 3 heterocycles. The van der Waals surface area contributed by atoms with Gasteiger partial charge in [-0.3, -0.25) is 24.6 Å². The molecule has 3 N–H and O–H groups in total. The first-order valence-corrected chi connectivity index (χ1v) is 11.2. The second-order valence-electron chi connectivity index (χ2n) is 8.97. The second kappa shape index (κ2) is 7.53. The number of nitrogens with zero attached hydrogens (tertiary/aromatic N) is 1. The zero-order chi connectivity index (χ0) is 22.6. The number of rotatable bonds is 5. The van der Waals surface area contributed by atoms with E-state index in [2.05, 4.69) is 10.6 Å². The van der Waals surface area contributed by atoms with Gasteiger partial charge in [-0.15, -0.1) is 0 Å². The summed E-state index contributed by atoms with van der Waals surface area (Å²) >= 11 is 0. The summed E-state index contributed by atoms with van der Waals surface area (Å²) < 4.78 is 0. The highest BCUT2D eigenvalue weighted by molar-refractivity contribution is 6.15. The Morgan fingerprint density at radius 1 is 1.06 bits per heavy atom. The molecular formula is C25H27N3O4. The molecule has 2 aromatic rings. The molecule has 166 valence electrons. The molecule has 2 fully saturated rings. The molecule has 0 aliphatic carbocycles. The largest absolute Gasteiger partial charge is 0.392 e. The number of aliphatic hydroxyl groups is 1. The summed E-state index contributed by atoms with van der Waals surface area (Å²) in [4.78, 5) is 41.8. The molecule has 3 aliphatic heterocycles. The van der Waals surface area contributed by atoms with Gasteiger partial charge in [-0.05, 0) is 37.0 Å². The molecule has 0 aromatic heterocycles. The number of aliphatic hydroxyl groups excluding tert-OH is 1. The number of carbonyl (C=O) groups is 3. The van der Waals surface area contributed by atoms with Crippen LogP contribution in [-0.4, -0.2) is 46.4 Å². The van der Waals surface area contributed by atoms with Gasteiger partial charge in [0.05, 0.1) is 17.9 Å². The van der Waals surface area contributed by atoms with Gasteiger partial charge in [-0.1, -0.05) is 49.4 Å². The Morgan fingerprint density at radius 2 is 1.81 bits per heavy atom. The number of benzene rings is 2. The second-order valence-corrected chi connectivity index (χ2v) is 8.97. The van der Waals surface area contributed by atoms with Crippen LogP contribution in [0.25, 0.3) is 0 Å². The van der Waals surface area contributed by atoms with Crippen molar-refractivity contribution in [1.29, 1.82) is 0 Å². The smallest absolute Gasteiger partial charge is 0.250 e. The van der Waals surface area contributed by atoms with Crippen molar-refractivity contribution in [1.82, 2.24) is 10.2 Å². The Kier molecular flexibility index (Phi) is 4.91. The number of imide groups is 1. The van der Waals surface area contributed by atoms with Crippen LogP contribution in [0.4, 0.5) is 5.69 Å². The Morgan fingerprint density at radius 3 is 2.50 bits per heavy atom.